The summed E-state index contributed by atoms with van der Waals surface area (Å²) in [7, 11) is 0. The molecule has 0 bridgehead atoms. The van der Waals surface area contributed by atoms with Crippen molar-refractivity contribution in [2.45, 2.75) is 64.8 Å². The maximum absolute atomic E-state index is 4.61. The molecule has 0 spiro atoms. The predicted molar refractivity (Wildman–Crippen MR) is 94.4 cm³/mol. The fraction of sp³-hybridized carbons (Fsp3) is 0.632. The molecular formula is C19H29N3. The summed E-state index contributed by atoms with van der Waals surface area (Å²) >= 11 is 0. The molecule has 1 fully saturated rings. The normalized spacial score (nSPS) is 17.0. The molecule has 2 aromatic rings. The van der Waals surface area contributed by atoms with Gasteiger partial charge in [0.2, 0.25) is 0 Å². The van der Waals surface area contributed by atoms with Crippen molar-refractivity contribution in [3.63, 3.8) is 0 Å². The Bertz CT molecular complexity index is 621. The minimum Gasteiger partial charge on any atom is -0.385 e. The monoisotopic (exact) mass is 299 g/mol. The van der Waals surface area contributed by atoms with E-state index in [1.165, 1.54) is 43.3 Å². The standard InChI is InChI=1S/C19H29N3/c1-4-19(2,3)22-14-21-17-12-16(10-11-18(17)22)20-13-15-8-6-5-7-9-15/h10-12,14-15,20H,4-9,13H2,1-3H3. The quantitative estimate of drug-likeness (QED) is 0.825. The number of rotatable bonds is 5. The predicted octanol–water partition coefficient (Wildman–Crippen LogP) is 5.17. The summed E-state index contributed by atoms with van der Waals surface area (Å²) < 4.78 is 2.30. The lowest BCUT2D eigenvalue weighted by atomic mass is 9.89. The highest BCUT2D eigenvalue weighted by atomic mass is 15.1. The molecule has 1 aromatic heterocycles. The van der Waals surface area contributed by atoms with Gasteiger partial charge in [0.15, 0.2) is 0 Å². The summed E-state index contributed by atoms with van der Waals surface area (Å²) in [6, 6.07) is 6.61. The maximum atomic E-state index is 4.61. The molecule has 3 heteroatoms. The molecule has 1 N–H and O–H groups in total. The molecule has 1 aliphatic rings. The first kappa shape index (κ1) is 15.4. The Morgan fingerprint density at radius 3 is 2.73 bits per heavy atom. The van der Waals surface area contributed by atoms with Gasteiger partial charge in [-0.15, -0.1) is 0 Å². The van der Waals surface area contributed by atoms with Crippen molar-refractivity contribution in [1.82, 2.24) is 9.55 Å². The molecule has 0 unspecified atom stereocenters. The Morgan fingerprint density at radius 1 is 1.23 bits per heavy atom. The molecule has 22 heavy (non-hydrogen) atoms. The van der Waals surface area contributed by atoms with Crippen molar-refractivity contribution in [3.8, 4) is 0 Å². The summed E-state index contributed by atoms with van der Waals surface area (Å²) in [5, 5.41) is 3.62. The van der Waals surface area contributed by atoms with E-state index in [2.05, 4.69) is 53.8 Å². The van der Waals surface area contributed by atoms with Gasteiger partial charge in [-0.2, -0.15) is 0 Å². The van der Waals surface area contributed by atoms with Crippen LogP contribution in [-0.2, 0) is 5.54 Å². The van der Waals surface area contributed by atoms with Gasteiger partial charge < -0.3 is 9.88 Å². The average Bonchev–Trinajstić information content (AvgIpc) is 2.98. The summed E-state index contributed by atoms with van der Waals surface area (Å²) in [4.78, 5) is 4.61. The van der Waals surface area contributed by atoms with Crippen molar-refractivity contribution >= 4 is 16.7 Å². The maximum Gasteiger partial charge on any atom is 0.0963 e. The zero-order valence-electron chi connectivity index (χ0n) is 14.2. The van der Waals surface area contributed by atoms with Crippen LogP contribution in [0.3, 0.4) is 0 Å². The Balaban J connectivity index is 1.73. The van der Waals surface area contributed by atoms with E-state index in [9.17, 15) is 0 Å². The molecular weight excluding hydrogens is 270 g/mol. The van der Waals surface area contributed by atoms with Crippen LogP contribution < -0.4 is 5.32 Å². The minimum atomic E-state index is 0.117. The van der Waals surface area contributed by atoms with Crippen molar-refractivity contribution in [2.75, 3.05) is 11.9 Å². The summed E-state index contributed by atoms with van der Waals surface area (Å²) in [6.07, 6.45) is 10.1. The van der Waals surface area contributed by atoms with Crippen molar-refractivity contribution < 1.29 is 0 Å². The zero-order valence-corrected chi connectivity index (χ0v) is 14.2. The third-order valence-electron chi connectivity index (χ3n) is 5.38. The van der Waals surface area contributed by atoms with E-state index in [0.29, 0.717) is 0 Å². The van der Waals surface area contributed by atoms with Crippen LogP contribution in [0.25, 0.3) is 11.0 Å². The number of benzene rings is 1. The Kier molecular flexibility index (Phi) is 4.42. The lowest BCUT2D eigenvalue weighted by Gasteiger charge is -2.25. The van der Waals surface area contributed by atoms with Crippen LogP contribution in [0.5, 0.6) is 0 Å². The van der Waals surface area contributed by atoms with E-state index in [0.717, 1.165) is 24.4 Å². The number of aromatic nitrogens is 2. The van der Waals surface area contributed by atoms with Crippen LogP contribution in [0.2, 0.25) is 0 Å². The second-order valence-electron chi connectivity index (χ2n) is 7.37. The topological polar surface area (TPSA) is 29.9 Å². The Morgan fingerprint density at radius 2 is 2.00 bits per heavy atom. The van der Waals surface area contributed by atoms with E-state index >= 15 is 0 Å². The summed E-state index contributed by atoms with van der Waals surface area (Å²) in [5.41, 5.74) is 3.65. The third kappa shape index (κ3) is 3.13. The molecule has 3 nitrogen and oxygen atoms in total. The van der Waals surface area contributed by atoms with Crippen LogP contribution in [0.15, 0.2) is 24.5 Å². The number of hydrogen-bond donors (Lipinski definition) is 1. The van der Waals surface area contributed by atoms with Crippen LogP contribution in [0.4, 0.5) is 5.69 Å². The van der Waals surface area contributed by atoms with Gasteiger partial charge in [0.1, 0.15) is 0 Å². The Hall–Kier alpha value is -1.51. The number of nitrogens with zero attached hydrogens (tertiary/aromatic N) is 2. The Labute approximate surface area is 134 Å². The molecule has 3 rings (SSSR count). The highest BCUT2D eigenvalue weighted by molar-refractivity contribution is 5.79. The summed E-state index contributed by atoms with van der Waals surface area (Å²) in [5.74, 6) is 0.848. The van der Waals surface area contributed by atoms with E-state index in [1.54, 1.807) is 0 Å². The van der Waals surface area contributed by atoms with E-state index < -0.39 is 0 Å². The first-order valence-corrected chi connectivity index (χ1v) is 8.81. The number of nitrogens with one attached hydrogen (secondary N) is 1. The number of anilines is 1. The minimum absolute atomic E-state index is 0.117. The molecule has 0 amide bonds. The lowest BCUT2D eigenvalue weighted by molar-refractivity contribution is 0.352. The molecule has 1 aromatic carbocycles. The van der Waals surface area contributed by atoms with Crippen LogP contribution >= 0.6 is 0 Å². The van der Waals surface area contributed by atoms with Crippen molar-refractivity contribution in [2.24, 2.45) is 5.92 Å². The number of hydrogen-bond acceptors (Lipinski definition) is 2. The highest BCUT2D eigenvalue weighted by Gasteiger charge is 2.20. The van der Waals surface area contributed by atoms with Crippen molar-refractivity contribution in [3.05, 3.63) is 24.5 Å². The summed E-state index contributed by atoms with van der Waals surface area (Å²) in [6.45, 7) is 7.87. The average molecular weight is 299 g/mol. The van der Waals surface area contributed by atoms with Gasteiger partial charge in [0, 0.05) is 17.8 Å². The molecule has 0 atom stereocenters. The van der Waals surface area contributed by atoms with Gasteiger partial charge in [-0.05, 0) is 57.2 Å². The SMILES string of the molecule is CCC(C)(C)n1cnc2cc(NCC3CCCCC3)ccc21. The number of fused-ring (bicyclic) bond motifs is 1. The van der Waals surface area contributed by atoms with Gasteiger partial charge in [-0.1, -0.05) is 26.2 Å². The highest BCUT2D eigenvalue weighted by Crippen LogP contribution is 2.28. The first-order chi connectivity index (χ1) is 10.6. The van der Waals surface area contributed by atoms with Crippen molar-refractivity contribution in [1.29, 1.82) is 0 Å². The van der Waals surface area contributed by atoms with E-state index in [4.69, 9.17) is 0 Å². The molecule has 1 heterocycles. The van der Waals surface area contributed by atoms with Crippen LogP contribution in [0.1, 0.15) is 59.3 Å². The fourth-order valence-corrected chi connectivity index (χ4v) is 3.43. The third-order valence-corrected chi connectivity index (χ3v) is 5.38. The molecule has 1 saturated carbocycles. The second kappa shape index (κ2) is 6.31. The number of imidazole rings is 1. The van der Waals surface area contributed by atoms with Crippen LogP contribution in [0, 0.1) is 5.92 Å². The molecule has 0 radical (unpaired) electrons. The molecule has 0 aliphatic heterocycles. The lowest BCUT2D eigenvalue weighted by Crippen LogP contribution is -2.24. The van der Waals surface area contributed by atoms with E-state index in [-0.39, 0.29) is 5.54 Å². The molecule has 0 saturated heterocycles. The molecule has 120 valence electrons. The smallest absolute Gasteiger partial charge is 0.0963 e. The largest absolute Gasteiger partial charge is 0.385 e. The van der Waals surface area contributed by atoms with Gasteiger partial charge in [-0.3, -0.25) is 0 Å². The second-order valence-corrected chi connectivity index (χ2v) is 7.37. The van der Waals surface area contributed by atoms with Gasteiger partial charge in [-0.25, -0.2) is 4.98 Å². The zero-order chi connectivity index (χ0) is 15.6. The van der Waals surface area contributed by atoms with Gasteiger partial charge >= 0.3 is 0 Å². The fourth-order valence-electron chi connectivity index (χ4n) is 3.43. The van der Waals surface area contributed by atoms with Gasteiger partial charge in [0.25, 0.3) is 0 Å². The first-order valence-electron chi connectivity index (χ1n) is 8.81. The van der Waals surface area contributed by atoms with Crippen LogP contribution in [-0.4, -0.2) is 16.1 Å². The van der Waals surface area contributed by atoms with Gasteiger partial charge in [0.05, 0.1) is 17.4 Å². The molecule has 1 aliphatic carbocycles. The van der Waals surface area contributed by atoms with E-state index in [1.807, 2.05) is 6.33 Å².